The molecule has 2 rings (SSSR count). The van der Waals surface area contributed by atoms with Crippen molar-refractivity contribution in [3.05, 3.63) is 60.7 Å². The third-order valence-electron chi connectivity index (χ3n) is 3.51. The van der Waals surface area contributed by atoms with Gasteiger partial charge in [0.1, 0.15) is 0 Å². The van der Waals surface area contributed by atoms with Crippen LogP contribution in [0.2, 0.25) is 0 Å². The first-order chi connectivity index (χ1) is 13.0. The number of carbonyl (C=O) groups is 2. The molecular weight excluding hydrogens is 367 g/mol. The number of benzene rings is 2. The maximum atomic E-state index is 13.2. The van der Waals surface area contributed by atoms with E-state index >= 15 is 0 Å². The summed E-state index contributed by atoms with van der Waals surface area (Å²) in [6.07, 6.45) is 0. The number of anilines is 2. The van der Waals surface area contributed by atoms with Crippen LogP contribution < -0.4 is 10.6 Å². The van der Waals surface area contributed by atoms with Gasteiger partial charge in [0, 0.05) is 11.4 Å². The summed E-state index contributed by atoms with van der Waals surface area (Å²) < 4.78 is 23.7. The quantitative estimate of drug-likeness (QED) is 0.500. The van der Waals surface area contributed by atoms with E-state index in [0.717, 1.165) is 0 Å². The Hall–Kier alpha value is -2.47. The molecule has 0 aromatic heterocycles. The first kappa shape index (κ1) is 20.8. The first-order valence-corrected chi connectivity index (χ1v) is 10.2. The molecule has 0 bridgehead atoms. The minimum Gasteiger partial charge on any atom is -0.325 e. The van der Waals surface area contributed by atoms with Crippen LogP contribution >= 0.6 is 7.60 Å². The lowest BCUT2D eigenvalue weighted by molar-refractivity contribution is -0.123. The van der Waals surface area contributed by atoms with Gasteiger partial charge in [0.05, 0.1) is 13.2 Å². The van der Waals surface area contributed by atoms with E-state index in [1.165, 1.54) is 0 Å². The molecule has 27 heavy (non-hydrogen) atoms. The third-order valence-corrected chi connectivity index (χ3v) is 5.85. The summed E-state index contributed by atoms with van der Waals surface area (Å²) in [6, 6.07) is 17.2. The van der Waals surface area contributed by atoms with Gasteiger partial charge in [-0.05, 0) is 38.1 Å². The molecule has 0 aliphatic heterocycles. The Kier molecular flexibility index (Phi) is 7.73. The topological polar surface area (TPSA) is 93.7 Å². The fourth-order valence-electron chi connectivity index (χ4n) is 2.42. The van der Waals surface area contributed by atoms with Crippen LogP contribution in [-0.2, 0) is 23.2 Å². The standard InChI is InChI=1S/C19H23N2O5P/c1-3-25-27(24,26-4-2)17(18(22)20-15-11-7-5-8-12-15)19(23)21-16-13-9-6-10-14-16/h5-14,17H,3-4H2,1-2H3,(H,20,22)(H,21,23). The Labute approximate surface area is 158 Å². The fourth-order valence-corrected chi connectivity index (χ4v) is 4.21. The molecule has 2 aromatic carbocycles. The molecule has 2 amide bonds. The SMILES string of the molecule is CCOP(=O)(OCC)C(C(=O)Nc1ccccc1)C(=O)Nc1ccccc1. The molecule has 7 nitrogen and oxygen atoms in total. The molecule has 0 aliphatic carbocycles. The van der Waals surface area contributed by atoms with E-state index in [0.29, 0.717) is 11.4 Å². The maximum absolute atomic E-state index is 13.2. The molecule has 2 N–H and O–H groups in total. The Morgan fingerprint density at radius 3 is 1.52 bits per heavy atom. The van der Waals surface area contributed by atoms with E-state index in [-0.39, 0.29) is 13.2 Å². The van der Waals surface area contributed by atoms with Crippen LogP contribution in [0.15, 0.2) is 60.7 Å². The molecule has 0 aliphatic rings. The zero-order valence-corrected chi connectivity index (χ0v) is 16.1. The van der Waals surface area contributed by atoms with Gasteiger partial charge in [-0.25, -0.2) is 0 Å². The lowest BCUT2D eigenvalue weighted by atomic mass is 10.2. The largest absolute Gasteiger partial charge is 0.352 e. The molecule has 2 aromatic rings. The summed E-state index contributed by atoms with van der Waals surface area (Å²) >= 11 is 0. The number of carbonyl (C=O) groups excluding carboxylic acids is 2. The Balaban J connectivity index is 2.32. The van der Waals surface area contributed by atoms with E-state index in [9.17, 15) is 14.2 Å². The summed E-state index contributed by atoms with van der Waals surface area (Å²) in [7, 11) is -4.04. The number of rotatable bonds is 9. The highest BCUT2D eigenvalue weighted by Gasteiger charge is 2.46. The number of hydrogen-bond donors (Lipinski definition) is 2. The summed E-state index contributed by atoms with van der Waals surface area (Å²) in [4.78, 5) is 25.7. The van der Waals surface area contributed by atoms with Gasteiger partial charge in [0.2, 0.25) is 17.5 Å². The van der Waals surface area contributed by atoms with Crippen LogP contribution in [0, 0.1) is 0 Å². The normalized spacial score (nSPS) is 11.2. The lowest BCUT2D eigenvalue weighted by Gasteiger charge is -2.25. The molecular formula is C19H23N2O5P. The van der Waals surface area contributed by atoms with Crippen molar-refractivity contribution in [2.45, 2.75) is 19.5 Å². The molecule has 0 saturated carbocycles. The molecule has 0 saturated heterocycles. The van der Waals surface area contributed by atoms with Gasteiger partial charge in [0.15, 0.2) is 0 Å². The van der Waals surface area contributed by atoms with Crippen LogP contribution in [0.3, 0.4) is 0 Å². The highest BCUT2D eigenvalue weighted by Crippen LogP contribution is 2.53. The highest BCUT2D eigenvalue weighted by molar-refractivity contribution is 7.57. The van der Waals surface area contributed by atoms with Crippen LogP contribution in [0.4, 0.5) is 11.4 Å². The molecule has 0 atom stereocenters. The molecule has 144 valence electrons. The van der Waals surface area contributed by atoms with E-state index < -0.39 is 25.1 Å². The van der Waals surface area contributed by atoms with Gasteiger partial charge in [-0.1, -0.05) is 36.4 Å². The molecule has 0 heterocycles. The second-order valence-electron chi connectivity index (χ2n) is 5.49. The minimum absolute atomic E-state index is 0.0327. The molecule has 0 fully saturated rings. The number of amides is 2. The fraction of sp³-hybridized carbons (Fsp3) is 0.263. The van der Waals surface area contributed by atoms with Gasteiger partial charge in [-0.15, -0.1) is 0 Å². The van der Waals surface area contributed by atoms with E-state index in [2.05, 4.69) is 10.6 Å². The summed E-state index contributed by atoms with van der Waals surface area (Å²) in [5.74, 6) is -1.53. The Morgan fingerprint density at radius 1 is 0.815 bits per heavy atom. The van der Waals surface area contributed by atoms with Crippen LogP contribution in [0.5, 0.6) is 0 Å². The average molecular weight is 390 g/mol. The van der Waals surface area contributed by atoms with Crippen molar-refractivity contribution in [2.24, 2.45) is 0 Å². The van der Waals surface area contributed by atoms with Crippen molar-refractivity contribution in [1.82, 2.24) is 0 Å². The molecule has 0 unspecified atom stereocenters. The number of hydrogen-bond acceptors (Lipinski definition) is 5. The van der Waals surface area contributed by atoms with Gasteiger partial charge < -0.3 is 19.7 Å². The third kappa shape index (κ3) is 5.76. The van der Waals surface area contributed by atoms with E-state index in [1.807, 2.05) is 0 Å². The molecule has 0 spiro atoms. The second kappa shape index (κ2) is 10.0. The minimum atomic E-state index is -4.04. The smallest absolute Gasteiger partial charge is 0.325 e. The highest BCUT2D eigenvalue weighted by atomic mass is 31.2. The summed E-state index contributed by atoms with van der Waals surface area (Å²) in [6.45, 7) is 3.30. The van der Waals surface area contributed by atoms with Crippen LogP contribution in [-0.4, -0.2) is 30.7 Å². The van der Waals surface area contributed by atoms with E-state index in [1.54, 1.807) is 74.5 Å². The maximum Gasteiger partial charge on any atom is 0.352 e. The van der Waals surface area contributed by atoms with Crippen molar-refractivity contribution in [3.8, 4) is 0 Å². The predicted molar refractivity (Wildman–Crippen MR) is 105 cm³/mol. The van der Waals surface area contributed by atoms with Gasteiger partial charge >= 0.3 is 7.60 Å². The lowest BCUT2D eigenvalue weighted by Crippen LogP contribution is -2.40. The van der Waals surface area contributed by atoms with Crippen molar-refractivity contribution >= 4 is 30.8 Å². The van der Waals surface area contributed by atoms with Crippen molar-refractivity contribution in [1.29, 1.82) is 0 Å². The van der Waals surface area contributed by atoms with Crippen LogP contribution in [0.1, 0.15) is 13.8 Å². The van der Waals surface area contributed by atoms with E-state index in [4.69, 9.17) is 9.05 Å². The van der Waals surface area contributed by atoms with Crippen LogP contribution in [0.25, 0.3) is 0 Å². The zero-order valence-electron chi connectivity index (χ0n) is 15.3. The Morgan fingerprint density at radius 2 is 1.19 bits per heavy atom. The summed E-state index contributed by atoms with van der Waals surface area (Å²) in [5.41, 5.74) is -0.711. The molecule has 8 heteroatoms. The predicted octanol–water partition coefficient (Wildman–Crippen LogP) is 3.90. The van der Waals surface area contributed by atoms with Gasteiger partial charge in [-0.2, -0.15) is 0 Å². The number of para-hydroxylation sites is 2. The second-order valence-corrected chi connectivity index (χ2v) is 7.60. The van der Waals surface area contributed by atoms with Crippen molar-refractivity contribution < 1.29 is 23.2 Å². The zero-order chi connectivity index (χ0) is 19.7. The molecule has 0 radical (unpaired) electrons. The summed E-state index contributed by atoms with van der Waals surface area (Å²) in [5, 5.41) is 5.20. The first-order valence-electron chi connectivity index (χ1n) is 8.60. The Bertz CT molecular complexity index is 735. The van der Waals surface area contributed by atoms with Crippen molar-refractivity contribution in [3.63, 3.8) is 0 Å². The van der Waals surface area contributed by atoms with Gasteiger partial charge in [0.25, 0.3) is 0 Å². The average Bonchev–Trinajstić information content (AvgIpc) is 2.63. The van der Waals surface area contributed by atoms with Gasteiger partial charge in [-0.3, -0.25) is 14.2 Å². The number of nitrogens with one attached hydrogen (secondary N) is 2. The monoisotopic (exact) mass is 390 g/mol. The van der Waals surface area contributed by atoms with Crippen molar-refractivity contribution in [2.75, 3.05) is 23.8 Å².